The molecule has 0 unspecified atom stereocenters. The molecule has 1 aliphatic rings. The number of rotatable bonds is 0. The molecule has 0 aromatic heterocycles. The van der Waals surface area contributed by atoms with E-state index >= 15 is 0 Å². The molecule has 0 saturated carbocycles. The Bertz CT molecular complexity index is 321. The van der Waals surface area contributed by atoms with Crippen LogP contribution in [0.15, 0.2) is 0 Å². The predicted molar refractivity (Wildman–Crippen MR) is 75.8 cm³/mol. The quantitative estimate of drug-likeness (QED) is 0.455. The summed E-state index contributed by atoms with van der Waals surface area (Å²) in [5, 5.41) is 0. The average Bonchev–Trinajstić information content (AvgIpc) is 2.16. The molecule has 78 valence electrons. The fourth-order valence-electron chi connectivity index (χ4n) is 3.08. The lowest BCUT2D eigenvalue weighted by atomic mass is 11.4. The smallest absolute Gasteiger partial charge is 0.131 e. The lowest BCUT2D eigenvalue weighted by Crippen LogP contribution is -2.58. The summed E-state index contributed by atoms with van der Waals surface area (Å²) in [6.07, 6.45) is 17.1. The van der Waals surface area contributed by atoms with Crippen LogP contribution in [0.1, 0.15) is 0 Å². The molecule has 0 amide bonds. The molecule has 1 aliphatic heterocycles. The van der Waals surface area contributed by atoms with Crippen LogP contribution in [-0.4, -0.2) is 24.2 Å². The average molecular weight is 247 g/mol. The predicted octanol–water partition coefficient (Wildman–Crippen LogP) is 2.37. The van der Waals surface area contributed by atoms with Crippen molar-refractivity contribution in [2.75, 3.05) is 0 Å². The van der Waals surface area contributed by atoms with Crippen LogP contribution >= 0.6 is 0 Å². The number of hydrogen-bond donors (Lipinski definition) is 0. The topological polar surface area (TPSA) is 0 Å². The van der Waals surface area contributed by atoms with Crippen molar-refractivity contribution in [2.24, 2.45) is 0 Å². The highest BCUT2D eigenvalue weighted by Gasteiger charge is 2.51. The summed E-state index contributed by atoms with van der Waals surface area (Å²) < 4.78 is 0. The second-order valence-electron chi connectivity index (χ2n) is 5.65. The van der Waals surface area contributed by atoms with Gasteiger partial charge in [0, 0.05) is 0 Å². The second kappa shape index (κ2) is 3.72. The molecule has 0 spiro atoms. The van der Waals surface area contributed by atoms with E-state index in [9.17, 15) is 0 Å². The van der Waals surface area contributed by atoms with Crippen LogP contribution in [0.4, 0.5) is 0 Å². The van der Waals surface area contributed by atoms with Gasteiger partial charge in [-0.25, -0.2) is 0 Å². The van der Waals surface area contributed by atoms with Gasteiger partial charge in [-0.3, -0.25) is 0 Å². The van der Waals surface area contributed by atoms with Gasteiger partial charge in [0.05, 0.1) is 0 Å². The van der Waals surface area contributed by atoms with Crippen LogP contribution in [-0.2, 0) is 0 Å². The van der Waals surface area contributed by atoms with E-state index in [2.05, 4.69) is 36.3 Å². The molecule has 1 heterocycles. The molecule has 0 aromatic rings. The maximum atomic E-state index is 5.71. The van der Waals surface area contributed by atoms with Gasteiger partial charge in [0.1, 0.15) is 24.2 Å². The van der Waals surface area contributed by atoms with Gasteiger partial charge >= 0.3 is 0 Å². The van der Waals surface area contributed by atoms with Crippen molar-refractivity contribution >= 4 is 24.2 Å². The van der Waals surface area contributed by atoms with E-state index in [0.29, 0.717) is 0 Å². The van der Waals surface area contributed by atoms with Gasteiger partial charge in [-0.1, -0.05) is 19.6 Å². The summed E-state index contributed by atoms with van der Waals surface area (Å²) in [6, 6.07) is 0. The molecular weight excluding hydrogens is 228 g/mol. The van der Waals surface area contributed by atoms with Crippen LogP contribution in [0.3, 0.4) is 0 Å². The van der Waals surface area contributed by atoms with Crippen LogP contribution < -0.4 is 0 Å². The highest BCUT2D eigenvalue weighted by atomic mass is 28.5. The Morgan fingerprint density at radius 1 is 0.667 bits per heavy atom. The standard InChI is InChI=1S/C12H18Si3/c1-7-13(4)10-14(5,8-2)12-15(6,9-3)11-13/h1-3H,10-12H2,4-6H3. The van der Waals surface area contributed by atoms with E-state index in [-0.39, 0.29) is 0 Å². The first kappa shape index (κ1) is 12.4. The molecule has 0 bridgehead atoms. The highest BCUT2D eigenvalue weighted by molar-refractivity contribution is 7.19. The Kier molecular flexibility index (Phi) is 3.08. The van der Waals surface area contributed by atoms with Gasteiger partial charge in [0.2, 0.25) is 0 Å². The van der Waals surface area contributed by atoms with Gasteiger partial charge in [0.15, 0.2) is 0 Å². The lowest BCUT2D eigenvalue weighted by molar-refractivity contribution is 1.42. The lowest BCUT2D eigenvalue weighted by Gasteiger charge is -2.43. The molecule has 0 nitrogen and oxygen atoms in total. The third kappa shape index (κ3) is 2.47. The molecular formula is C12H18Si3. The Morgan fingerprint density at radius 2 is 0.867 bits per heavy atom. The zero-order valence-corrected chi connectivity index (χ0v) is 12.9. The van der Waals surface area contributed by atoms with Crippen molar-refractivity contribution in [3.05, 3.63) is 0 Å². The summed E-state index contributed by atoms with van der Waals surface area (Å²) in [7, 11) is -4.67. The first-order chi connectivity index (χ1) is 6.80. The summed E-state index contributed by atoms with van der Waals surface area (Å²) in [6.45, 7) is 6.87. The van der Waals surface area contributed by atoms with E-state index in [1.165, 1.54) is 17.0 Å². The van der Waals surface area contributed by atoms with E-state index in [4.69, 9.17) is 19.3 Å². The molecule has 0 aromatic carbocycles. The molecule has 0 radical (unpaired) electrons. The summed E-state index contributed by atoms with van der Waals surface area (Å²) in [5.41, 5.74) is 12.8. The maximum absolute atomic E-state index is 5.71. The minimum absolute atomic E-state index is 1.18. The fraction of sp³-hybridized carbons (Fsp3) is 0.500. The first-order valence-electron chi connectivity index (χ1n) is 5.24. The minimum Gasteiger partial charge on any atom is -0.135 e. The molecule has 0 aliphatic carbocycles. The molecule has 1 saturated heterocycles. The SMILES string of the molecule is C#C[Si]1(C)C[Si](C)(C#C)C[Si](C)(C#C)C1. The summed E-state index contributed by atoms with van der Waals surface area (Å²) in [4.78, 5) is 0. The van der Waals surface area contributed by atoms with Crippen molar-refractivity contribution < 1.29 is 0 Å². The van der Waals surface area contributed by atoms with Crippen molar-refractivity contribution in [2.45, 2.75) is 36.6 Å². The molecule has 0 atom stereocenters. The minimum atomic E-state index is -1.56. The number of hydrogen-bond acceptors (Lipinski definition) is 0. The van der Waals surface area contributed by atoms with Gasteiger partial charge in [-0.15, -0.1) is 35.9 Å². The second-order valence-corrected chi connectivity index (χ2v) is 20.1. The largest absolute Gasteiger partial charge is 0.135 e. The number of terminal acetylenes is 3. The van der Waals surface area contributed by atoms with Gasteiger partial charge in [0.25, 0.3) is 0 Å². The molecule has 15 heavy (non-hydrogen) atoms. The molecule has 0 N–H and O–H groups in total. The maximum Gasteiger partial charge on any atom is 0.131 e. The van der Waals surface area contributed by atoms with Crippen LogP contribution in [0.5, 0.6) is 0 Å². The van der Waals surface area contributed by atoms with Gasteiger partial charge < -0.3 is 0 Å². The zero-order chi connectivity index (χ0) is 11.7. The molecule has 3 heteroatoms. The van der Waals surface area contributed by atoms with Crippen molar-refractivity contribution in [3.8, 4) is 35.9 Å². The van der Waals surface area contributed by atoms with Crippen LogP contribution in [0.2, 0.25) is 36.6 Å². The van der Waals surface area contributed by atoms with E-state index in [1.54, 1.807) is 0 Å². The monoisotopic (exact) mass is 246 g/mol. The van der Waals surface area contributed by atoms with Gasteiger partial charge in [-0.2, -0.15) is 0 Å². The Balaban J connectivity index is 3.13. The van der Waals surface area contributed by atoms with E-state index < -0.39 is 24.2 Å². The van der Waals surface area contributed by atoms with Crippen molar-refractivity contribution in [1.82, 2.24) is 0 Å². The molecule has 1 rings (SSSR count). The summed E-state index contributed by atoms with van der Waals surface area (Å²) >= 11 is 0. The van der Waals surface area contributed by atoms with Crippen LogP contribution in [0, 0.1) is 35.9 Å². The Hall–Kier alpha value is -0.669. The first-order valence-corrected chi connectivity index (χ1v) is 14.0. The Morgan fingerprint density at radius 3 is 1.00 bits per heavy atom. The summed E-state index contributed by atoms with van der Waals surface area (Å²) in [5.74, 6) is 0. The van der Waals surface area contributed by atoms with E-state index in [1.807, 2.05) is 0 Å². The third-order valence-corrected chi connectivity index (χ3v) is 24.2. The molecule has 1 fully saturated rings. The highest BCUT2D eigenvalue weighted by Crippen LogP contribution is 2.39. The zero-order valence-electron chi connectivity index (χ0n) is 9.85. The normalized spacial score (nSPS) is 44.8. The van der Waals surface area contributed by atoms with E-state index in [0.717, 1.165) is 0 Å². The van der Waals surface area contributed by atoms with Crippen molar-refractivity contribution in [1.29, 1.82) is 0 Å². The van der Waals surface area contributed by atoms with Gasteiger partial charge in [-0.05, 0) is 17.0 Å². The third-order valence-electron chi connectivity index (χ3n) is 3.39. The Labute approximate surface area is 96.9 Å². The van der Waals surface area contributed by atoms with Crippen LogP contribution in [0.25, 0.3) is 0 Å². The van der Waals surface area contributed by atoms with Crippen molar-refractivity contribution in [3.63, 3.8) is 0 Å². The fourth-order valence-corrected chi connectivity index (χ4v) is 31.1.